The summed E-state index contributed by atoms with van der Waals surface area (Å²) in [6.45, 7) is 5.71. The Balaban J connectivity index is 1.88. The molecule has 0 unspecified atom stereocenters. The molecule has 3 heterocycles. The van der Waals surface area contributed by atoms with Crippen LogP contribution in [0.15, 0.2) is 36.4 Å². The number of carbonyl (C=O) groups is 1. The summed E-state index contributed by atoms with van der Waals surface area (Å²) in [4.78, 5) is 18.0. The minimum absolute atomic E-state index is 0.195. The quantitative estimate of drug-likeness (QED) is 0.595. The number of benzene rings is 1. The van der Waals surface area contributed by atoms with Gasteiger partial charge in [-0.25, -0.2) is 4.98 Å². The molecular formula is C21H22N6O. The van der Waals surface area contributed by atoms with Crippen LogP contribution in [0.5, 0.6) is 0 Å². The summed E-state index contributed by atoms with van der Waals surface area (Å²) in [5.41, 5.74) is 6.12. The average molecular weight is 374 g/mol. The highest BCUT2D eigenvalue weighted by molar-refractivity contribution is 6.13. The van der Waals surface area contributed by atoms with Crippen LogP contribution in [0.4, 0.5) is 5.69 Å². The second-order valence-corrected chi connectivity index (χ2v) is 6.95. The van der Waals surface area contributed by atoms with Crippen molar-refractivity contribution >= 4 is 22.6 Å². The van der Waals surface area contributed by atoms with Gasteiger partial charge in [-0.2, -0.15) is 10.2 Å². The first kappa shape index (κ1) is 17.9. The van der Waals surface area contributed by atoms with E-state index < -0.39 is 0 Å². The number of hydrogen-bond donors (Lipinski definition) is 1. The van der Waals surface area contributed by atoms with Crippen LogP contribution < -0.4 is 5.32 Å². The third kappa shape index (κ3) is 2.85. The van der Waals surface area contributed by atoms with Crippen molar-refractivity contribution in [3.63, 3.8) is 0 Å². The Morgan fingerprint density at radius 1 is 0.964 bits per heavy atom. The average Bonchev–Trinajstić information content (AvgIpc) is 3.11. The number of rotatable bonds is 3. The zero-order valence-electron chi connectivity index (χ0n) is 16.6. The van der Waals surface area contributed by atoms with Crippen molar-refractivity contribution < 1.29 is 4.79 Å². The van der Waals surface area contributed by atoms with Crippen molar-refractivity contribution in [1.29, 1.82) is 0 Å². The van der Waals surface area contributed by atoms with Gasteiger partial charge < -0.3 is 5.32 Å². The van der Waals surface area contributed by atoms with E-state index in [9.17, 15) is 4.79 Å². The fourth-order valence-corrected chi connectivity index (χ4v) is 3.52. The second-order valence-electron chi connectivity index (χ2n) is 6.95. The van der Waals surface area contributed by atoms with Crippen molar-refractivity contribution in [2.45, 2.75) is 20.8 Å². The molecule has 3 aromatic heterocycles. The smallest absolute Gasteiger partial charge is 0.256 e. The first-order valence-corrected chi connectivity index (χ1v) is 9.08. The van der Waals surface area contributed by atoms with Crippen LogP contribution in [-0.2, 0) is 14.1 Å². The molecule has 0 fully saturated rings. The number of pyridine rings is 1. The van der Waals surface area contributed by atoms with Gasteiger partial charge in [-0.1, -0.05) is 30.3 Å². The minimum atomic E-state index is -0.195. The lowest BCUT2D eigenvalue weighted by Gasteiger charge is -2.10. The number of nitrogens with one attached hydrogen (secondary N) is 1. The van der Waals surface area contributed by atoms with Crippen LogP contribution in [-0.4, -0.2) is 30.5 Å². The maximum Gasteiger partial charge on any atom is 0.256 e. The van der Waals surface area contributed by atoms with Crippen LogP contribution >= 0.6 is 0 Å². The van der Waals surface area contributed by atoms with Crippen molar-refractivity contribution in [2.75, 3.05) is 5.32 Å². The number of fused-ring (bicyclic) bond motifs is 1. The maximum atomic E-state index is 13.3. The van der Waals surface area contributed by atoms with E-state index in [-0.39, 0.29) is 5.91 Å². The molecule has 7 heteroatoms. The normalized spacial score (nSPS) is 11.2. The van der Waals surface area contributed by atoms with Gasteiger partial charge in [-0.3, -0.25) is 14.2 Å². The zero-order valence-corrected chi connectivity index (χ0v) is 16.6. The Morgan fingerprint density at radius 2 is 1.64 bits per heavy atom. The predicted octanol–water partition coefficient (Wildman–Crippen LogP) is 3.55. The number of nitrogens with zero attached hydrogens (tertiary/aromatic N) is 5. The molecule has 4 rings (SSSR count). The van der Waals surface area contributed by atoms with E-state index in [2.05, 4.69) is 15.5 Å². The standard InChI is InChI=1S/C21H22N6O/c1-12-18-16(21(28)23-19-13(2)25-26(4)14(19)3)11-17(15-9-7-6-8-10-15)22-20(18)27(5)24-12/h6-11H,1-5H3,(H,23,28). The molecule has 0 aliphatic rings. The van der Waals surface area contributed by atoms with Crippen LogP contribution in [0.3, 0.4) is 0 Å². The van der Waals surface area contributed by atoms with Crippen molar-refractivity contribution in [2.24, 2.45) is 14.1 Å². The fourth-order valence-electron chi connectivity index (χ4n) is 3.52. The molecule has 7 nitrogen and oxygen atoms in total. The molecule has 0 bridgehead atoms. The maximum absolute atomic E-state index is 13.3. The van der Waals surface area contributed by atoms with Crippen LogP contribution in [0.25, 0.3) is 22.3 Å². The molecule has 0 spiro atoms. The Kier molecular flexibility index (Phi) is 4.22. The summed E-state index contributed by atoms with van der Waals surface area (Å²) in [7, 11) is 3.70. The summed E-state index contributed by atoms with van der Waals surface area (Å²) < 4.78 is 3.48. The first-order valence-electron chi connectivity index (χ1n) is 9.08. The first-order chi connectivity index (χ1) is 13.4. The van der Waals surface area contributed by atoms with Gasteiger partial charge in [0.1, 0.15) is 0 Å². The van der Waals surface area contributed by atoms with Gasteiger partial charge >= 0.3 is 0 Å². The van der Waals surface area contributed by atoms with Gasteiger partial charge in [-0.05, 0) is 26.8 Å². The van der Waals surface area contributed by atoms with Gasteiger partial charge in [0.15, 0.2) is 5.65 Å². The van der Waals surface area contributed by atoms with Gasteiger partial charge in [0.05, 0.1) is 39.4 Å². The molecule has 1 aromatic carbocycles. The predicted molar refractivity (Wildman–Crippen MR) is 109 cm³/mol. The van der Waals surface area contributed by atoms with Gasteiger partial charge in [0, 0.05) is 19.7 Å². The van der Waals surface area contributed by atoms with Crippen molar-refractivity contribution in [3.8, 4) is 11.3 Å². The Hall–Kier alpha value is -3.48. The number of anilines is 1. The Morgan fingerprint density at radius 3 is 2.29 bits per heavy atom. The lowest BCUT2D eigenvalue weighted by atomic mass is 10.0. The Labute approximate surface area is 163 Å². The molecule has 0 radical (unpaired) electrons. The van der Waals surface area contributed by atoms with Crippen LogP contribution in [0, 0.1) is 20.8 Å². The highest BCUT2D eigenvalue weighted by Crippen LogP contribution is 2.28. The highest BCUT2D eigenvalue weighted by Gasteiger charge is 2.21. The van der Waals surface area contributed by atoms with E-state index in [1.807, 2.05) is 71.3 Å². The number of aryl methyl sites for hydroxylation is 4. The van der Waals surface area contributed by atoms with E-state index >= 15 is 0 Å². The van der Waals surface area contributed by atoms with E-state index in [0.717, 1.165) is 39.4 Å². The van der Waals surface area contributed by atoms with Crippen molar-refractivity contribution in [1.82, 2.24) is 24.5 Å². The molecule has 4 aromatic rings. The third-order valence-corrected chi connectivity index (χ3v) is 5.03. The topological polar surface area (TPSA) is 77.6 Å². The lowest BCUT2D eigenvalue weighted by molar-refractivity contribution is 0.102. The third-order valence-electron chi connectivity index (χ3n) is 5.03. The SMILES string of the molecule is Cc1nn(C)c(C)c1NC(=O)c1cc(-c2ccccc2)nc2c1c(C)nn2C. The number of hydrogen-bond acceptors (Lipinski definition) is 4. The summed E-state index contributed by atoms with van der Waals surface area (Å²) in [6.07, 6.45) is 0. The molecular weight excluding hydrogens is 352 g/mol. The molecule has 1 amide bonds. The van der Waals surface area contributed by atoms with Gasteiger partial charge in [-0.15, -0.1) is 0 Å². The molecule has 142 valence electrons. The molecule has 0 aliphatic carbocycles. The zero-order chi connectivity index (χ0) is 20.0. The minimum Gasteiger partial charge on any atom is -0.319 e. The molecule has 1 N–H and O–H groups in total. The number of aromatic nitrogens is 5. The fraction of sp³-hybridized carbons (Fsp3) is 0.238. The molecule has 0 aliphatic heterocycles. The summed E-state index contributed by atoms with van der Waals surface area (Å²) in [5, 5.41) is 12.7. The summed E-state index contributed by atoms with van der Waals surface area (Å²) in [5.74, 6) is -0.195. The van der Waals surface area contributed by atoms with E-state index in [0.29, 0.717) is 11.2 Å². The largest absolute Gasteiger partial charge is 0.319 e. The Bertz CT molecular complexity index is 1200. The van der Waals surface area contributed by atoms with Crippen molar-refractivity contribution in [3.05, 3.63) is 59.0 Å². The molecule has 0 saturated carbocycles. The summed E-state index contributed by atoms with van der Waals surface area (Å²) >= 11 is 0. The summed E-state index contributed by atoms with van der Waals surface area (Å²) in [6, 6.07) is 11.7. The van der Waals surface area contributed by atoms with E-state index in [1.165, 1.54) is 0 Å². The number of amides is 1. The second kappa shape index (κ2) is 6.60. The highest BCUT2D eigenvalue weighted by atomic mass is 16.1. The number of carbonyl (C=O) groups excluding carboxylic acids is 1. The monoisotopic (exact) mass is 374 g/mol. The van der Waals surface area contributed by atoms with Gasteiger partial charge in [0.25, 0.3) is 5.91 Å². The molecule has 0 saturated heterocycles. The lowest BCUT2D eigenvalue weighted by Crippen LogP contribution is -2.14. The van der Waals surface area contributed by atoms with Crippen LogP contribution in [0.2, 0.25) is 0 Å². The van der Waals surface area contributed by atoms with Gasteiger partial charge in [0.2, 0.25) is 0 Å². The van der Waals surface area contributed by atoms with Crippen LogP contribution in [0.1, 0.15) is 27.4 Å². The van der Waals surface area contributed by atoms with E-state index in [4.69, 9.17) is 4.98 Å². The molecule has 0 atom stereocenters. The molecule has 28 heavy (non-hydrogen) atoms. The van der Waals surface area contributed by atoms with E-state index in [1.54, 1.807) is 9.36 Å².